The maximum Gasteiger partial charge on any atom is 0.290 e. The first kappa shape index (κ1) is 22.3. The van der Waals surface area contributed by atoms with Crippen LogP contribution in [0.25, 0.3) is 0 Å². The average molecular weight is 382 g/mol. The normalized spacial score (nSPS) is 18.7. The Hall–Kier alpha value is -2.72. The molecule has 1 fully saturated rings. The zero-order valence-corrected chi connectivity index (χ0v) is 15.2. The molecule has 1 aliphatic heterocycles. The zero-order chi connectivity index (χ0) is 20.1. The number of carbonyl (C=O) groups is 3. The first-order chi connectivity index (χ1) is 13.0. The Morgan fingerprint density at radius 2 is 2.22 bits per heavy atom. The molecule has 2 rings (SSSR count). The van der Waals surface area contributed by atoms with Gasteiger partial charge >= 0.3 is 0 Å². The molecule has 0 unspecified atom stereocenters. The number of piperidine rings is 1. The number of anilines is 1. The first-order valence-electron chi connectivity index (χ1n) is 8.56. The number of nitrogens with zero attached hydrogens (tertiary/aromatic N) is 2. The lowest BCUT2D eigenvalue weighted by Gasteiger charge is -2.36. The number of carbonyl (C=O) groups excluding carboxylic acids is 2. The van der Waals surface area contributed by atoms with Crippen LogP contribution in [0.1, 0.15) is 13.3 Å². The van der Waals surface area contributed by atoms with E-state index in [0.29, 0.717) is 19.6 Å². The van der Waals surface area contributed by atoms with Crippen molar-refractivity contribution in [2.24, 2.45) is 0 Å². The number of ether oxygens (including phenoxy) is 1. The van der Waals surface area contributed by atoms with Crippen molar-refractivity contribution in [2.75, 3.05) is 38.2 Å². The van der Waals surface area contributed by atoms with Crippen molar-refractivity contribution in [3.63, 3.8) is 0 Å². The molecule has 10 nitrogen and oxygen atoms in total. The summed E-state index contributed by atoms with van der Waals surface area (Å²) < 4.78 is 5.04. The molecule has 0 aliphatic carbocycles. The molecule has 0 bridgehead atoms. The van der Waals surface area contributed by atoms with Gasteiger partial charge in [-0.2, -0.15) is 0 Å². The van der Waals surface area contributed by atoms with Gasteiger partial charge < -0.3 is 30.5 Å². The standard InChI is InChI=1S/C16H24N4O4.CH2O2/c1-2-24-11-15(22)19-13-10-20(7-5-14(13)21)16(23)9-18-12-4-3-6-17-8-12;2-1-3/h3-4,6,8,13-14,18,21H,2,5,7,9-11H2,1H3,(H,19,22);1H,(H,2,3)/t13-,14+;/m1./s1. The van der Waals surface area contributed by atoms with Crippen molar-refractivity contribution in [1.29, 1.82) is 0 Å². The van der Waals surface area contributed by atoms with Gasteiger partial charge in [-0.15, -0.1) is 0 Å². The Morgan fingerprint density at radius 3 is 2.85 bits per heavy atom. The summed E-state index contributed by atoms with van der Waals surface area (Å²) in [4.78, 5) is 38.0. The molecule has 2 heterocycles. The fraction of sp³-hybridized carbons (Fsp3) is 0.529. The van der Waals surface area contributed by atoms with Crippen LogP contribution in [0.3, 0.4) is 0 Å². The Bertz CT molecular complexity index is 586. The maximum absolute atomic E-state index is 12.3. The van der Waals surface area contributed by atoms with Crippen molar-refractivity contribution < 1.29 is 29.3 Å². The molecule has 2 atom stereocenters. The van der Waals surface area contributed by atoms with Crippen LogP contribution in [-0.4, -0.2) is 83.4 Å². The summed E-state index contributed by atoms with van der Waals surface area (Å²) in [5, 5.41) is 22.7. The summed E-state index contributed by atoms with van der Waals surface area (Å²) in [5.41, 5.74) is 0.768. The molecule has 27 heavy (non-hydrogen) atoms. The predicted molar refractivity (Wildman–Crippen MR) is 97.0 cm³/mol. The van der Waals surface area contributed by atoms with Crippen LogP contribution in [-0.2, 0) is 19.1 Å². The quantitative estimate of drug-likeness (QED) is 0.454. The van der Waals surface area contributed by atoms with Crippen LogP contribution < -0.4 is 10.6 Å². The van der Waals surface area contributed by atoms with Gasteiger partial charge in [0.2, 0.25) is 11.8 Å². The lowest BCUT2D eigenvalue weighted by Crippen LogP contribution is -2.57. The van der Waals surface area contributed by atoms with Crippen LogP contribution in [0.5, 0.6) is 0 Å². The van der Waals surface area contributed by atoms with Crippen molar-refractivity contribution >= 4 is 24.0 Å². The third kappa shape index (κ3) is 8.47. The third-order valence-electron chi connectivity index (χ3n) is 3.82. The summed E-state index contributed by atoms with van der Waals surface area (Å²) in [7, 11) is 0. The van der Waals surface area contributed by atoms with E-state index >= 15 is 0 Å². The molecule has 0 saturated carbocycles. The Labute approximate surface area is 157 Å². The van der Waals surface area contributed by atoms with Gasteiger partial charge in [0.05, 0.1) is 24.4 Å². The van der Waals surface area contributed by atoms with E-state index < -0.39 is 12.1 Å². The highest BCUT2D eigenvalue weighted by atomic mass is 16.5. The molecular weight excluding hydrogens is 356 g/mol. The molecule has 1 aromatic rings. The fourth-order valence-electron chi connectivity index (χ4n) is 2.51. The van der Waals surface area contributed by atoms with Gasteiger partial charge in [0.25, 0.3) is 6.47 Å². The summed E-state index contributed by atoms with van der Waals surface area (Å²) in [5.74, 6) is -0.376. The van der Waals surface area contributed by atoms with Crippen LogP contribution in [0, 0.1) is 0 Å². The van der Waals surface area contributed by atoms with Gasteiger partial charge in [0.1, 0.15) is 6.61 Å². The lowest BCUT2D eigenvalue weighted by molar-refractivity contribution is -0.135. The van der Waals surface area contributed by atoms with Crippen molar-refractivity contribution in [2.45, 2.75) is 25.5 Å². The number of aromatic nitrogens is 1. The van der Waals surface area contributed by atoms with Gasteiger partial charge in [0.15, 0.2) is 0 Å². The highest BCUT2D eigenvalue weighted by Crippen LogP contribution is 2.12. The average Bonchev–Trinajstić information content (AvgIpc) is 2.67. The molecule has 4 N–H and O–H groups in total. The van der Waals surface area contributed by atoms with Gasteiger partial charge in [-0.1, -0.05) is 0 Å². The highest BCUT2D eigenvalue weighted by Gasteiger charge is 2.31. The van der Waals surface area contributed by atoms with Gasteiger partial charge in [-0.3, -0.25) is 19.4 Å². The minimum absolute atomic E-state index is 0.0454. The molecule has 0 aromatic carbocycles. The second-order valence-electron chi connectivity index (χ2n) is 5.71. The minimum Gasteiger partial charge on any atom is -0.483 e. The predicted octanol–water partition coefficient (Wildman–Crippen LogP) is -0.691. The number of aliphatic hydroxyl groups excluding tert-OH is 1. The van der Waals surface area contributed by atoms with E-state index in [9.17, 15) is 14.7 Å². The van der Waals surface area contributed by atoms with Crippen molar-refractivity contribution in [3.05, 3.63) is 24.5 Å². The second kappa shape index (κ2) is 12.6. The number of rotatable bonds is 7. The summed E-state index contributed by atoms with van der Waals surface area (Å²) in [6.07, 6.45) is 3.07. The number of carboxylic acid groups (broad SMARTS) is 1. The van der Waals surface area contributed by atoms with E-state index in [4.69, 9.17) is 14.6 Å². The Morgan fingerprint density at radius 1 is 1.48 bits per heavy atom. The largest absolute Gasteiger partial charge is 0.483 e. The highest BCUT2D eigenvalue weighted by molar-refractivity contribution is 5.81. The molecule has 1 aromatic heterocycles. The number of likely N-dealkylation sites (tertiary alicyclic amines) is 1. The SMILES string of the molecule is CCOCC(=O)N[C@@H]1CN(C(=O)CNc2cccnc2)CC[C@@H]1O.O=CO. The number of hydrogen-bond acceptors (Lipinski definition) is 7. The summed E-state index contributed by atoms with van der Waals surface area (Å²) in [6.45, 7) is 2.85. The van der Waals surface area contributed by atoms with Gasteiger partial charge in [0, 0.05) is 32.1 Å². The van der Waals surface area contributed by atoms with Crippen LogP contribution in [0.2, 0.25) is 0 Å². The van der Waals surface area contributed by atoms with Crippen LogP contribution in [0.15, 0.2) is 24.5 Å². The third-order valence-corrected chi connectivity index (χ3v) is 3.82. The summed E-state index contributed by atoms with van der Waals surface area (Å²) >= 11 is 0. The molecule has 1 aliphatic rings. The van der Waals surface area contributed by atoms with Gasteiger partial charge in [-0.25, -0.2) is 0 Å². The Kier molecular flexibility index (Phi) is 10.4. The first-order valence-corrected chi connectivity index (χ1v) is 8.56. The van der Waals surface area contributed by atoms with Crippen LogP contribution >= 0.6 is 0 Å². The molecule has 0 radical (unpaired) electrons. The molecule has 2 amide bonds. The van der Waals surface area contributed by atoms with E-state index in [-0.39, 0.29) is 38.0 Å². The van der Waals surface area contributed by atoms with E-state index in [1.54, 1.807) is 30.3 Å². The van der Waals surface area contributed by atoms with E-state index in [1.165, 1.54) is 0 Å². The fourth-order valence-corrected chi connectivity index (χ4v) is 2.51. The summed E-state index contributed by atoms with van der Waals surface area (Å²) in [6, 6.07) is 3.14. The van der Waals surface area contributed by atoms with E-state index in [0.717, 1.165) is 5.69 Å². The second-order valence-corrected chi connectivity index (χ2v) is 5.71. The number of hydrogen-bond donors (Lipinski definition) is 4. The van der Waals surface area contributed by atoms with Crippen molar-refractivity contribution in [1.82, 2.24) is 15.2 Å². The number of pyridine rings is 1. The minimum atomic E-state index is -0.661. The topological polar surface area (TPSA) is 141 Å². The van der Waals surface area contributed by atoms with Gasteiger partial charge in [-0.05, 0) is 25.5 Å². The van der Waals surface area contributed by atoms with E-state index in [1.807, 2.05) is 6.07 Å². The van der Waals surface area contributed by atoms with Crippen LogP contribution in [0.4, 0.5) is 5.69 Å². The smallest absolute Gasteiger partial charge is 0.290 e. The zero-order valence-electron chi connectivity index (χ0n) is 15.2. The molecule has 10 heteroatoms. The lowest BCUT2D eigenvalue weighted by atomic mass is 10.0. The molecule has 150 valence electrons. The monoisotopic (exact) mass is 382 g/mol. The Balaban J connectivity index is 0.00000114. The van der Waals surface area contributed by atoms with Crippen molar-refractivity contribution in [3.8, 4) is 0 Å². The van der Waals surface area contributed by atoms with E-state index in [2.05, 4.69) is 15.6 Å². The number of aliphatic hydroxyl groups is 1. The molecule has 0 spiro atoms. The molecular formula is C17H26N4O6. The number of nitrogens with one attached hydrogen (secondary N) is 2. The molecule has 1 saturated heterocycles. The number of amides is 2. The maximum atomic E-state index is 12.3.